The number of amides is 1. The van der Waals surface area contributed by atoms with Crippen LogP contribution in [0.15, 0.2) is 60.7 Å². The van der Waals surface area contributed by atoms with Crippen molar-refractivity contribution in [3.8, 4) is 11.1 Å². The lowest BCUT2D eigenvalue weighted by Crippen LogP contribution is -2.12. The third-order valence-corrected chi connectivity index (χ3v) is 4.54. The van der Waals surface area contributed by atoms with Gasteiger partial charge in [0.2, 0.25) is 0 Å². The number of benzene rings is 3. The van der Waals surface area contributed by atoms with E-state index in [-0.39, 0.29) is 5.91 Å². The molecule has 1 aliphatic carbocycles. The first kappa shape index (κ1) is 14.7. The first-order valence-electron chi connectivity index (χ1n) is 8.21. The number of anilines is 1. The molecule has 2 heteroatoms. The molecular weight excluding hydrogens is 294 g/mol. The molecule has 0 spiro atoms. The van der Waals surface area contributed by atoms with Crippen LogP contribution in [-0.4, -0.2) is 5.91 Å². The Hall–Kier alpha value is -2.87. The second-order valence-electron chi connectivity index (χ2n) is 6.54. The van der Waals surface area contributed by atoms with Crippen LogP contribution < -0.4 is 5.32 Å². The lowest BCUT2D eigenvalue weighted by Gasteiger charge is -2.09. The quantitative estimate of drug-likeness (QED) is 0.546. The Morgan fingerprint density at radius 2 is 1.54 bits per heavy atom. The molecule has 24 heavy (non-hydrogen) atoms. The van der Waals surface area contributed by atoms with Gasteiger partial charge in [0, 0.05) is 11.3 Å². The monoisotopic (exact) mass is 313 g/mol. The second kappa shape index (κ2) is 5.64. The number of aryl methyl sites for hydroxylation is 2. The van der Waals surface area contributed by atoms with E-state index >= 15 is 0 Å². The van der Waals surface area contributed by atoms with Crippen molar-refractivity contribution in [1.82, 2.24) is 0 Å². The van der Waals surface area contributed by atoms with Crippen LogP contribution in [0, 0.1) is 13.8 Å². The maximum absolute atomic E-state index is 12.5. The van der Waals surface area contributed by atoms with Crippen LogP contribution in [-0.2, 0) is 6.42 Å². The van der Waals surface area contributed by atoms with Crippen molar-refractivity contribution in [2.45, 2.75) is 20.3 Å². The standard InChI is InChI=1S/C22H19NO/c1-14-9-15(2)11-18(10-14)22(24)23-19-7-8-21-17(13-19)12-16-5-3-4-6-20(16)21/h3-11,13H,12H2,1-2H3,(H,23,24). The predicted octanol–water partition coefficient (Wildman–Crippen LogP) is 5.13. The minimum atomic E-state index is -0.0581. The Kier molecular flexibility index (Phi) is 3.46. The lowest BCUT2D eigenvalue weighted by molar-refractivity contribution is 0.102. The van der Waals surface area contributed by atoms with E-state index in [9.17, 15) is 4.79 Å². The number of carbonyl (C=O) groups is 1. The van der Waals surface area contributed by atoms with E-state index < -0.39 is 0 Å². The fourth-order valence-corrected chi connectivity index (χ4v) is 3.53. The summed E-state index contributed by atoms with van der Waals surface area (Å²) < 4.78 is 0. The van der Waals surface area contributed by atoms with E-state index in [0.717, 1.165) is 23.2 Å². The highest BCUT2D eigenvalue weighted by Crippen LogP contribution is 2.37. The molecule has 3 aromatic rings. The average Bonchev–Trinajstić information content (AvgIpc) is 2.91. The van der Waals surface area contributed by atoms with E-state index in [1.54, 1.807) is 0 Å². The van der Waals surface area contributed by atoms with Gasteiger partial charge in [0.15, 0.2) is 0 Å². The molecule has 2 nitrogen and oxygen atoms in total. The van der Waals surface area contributed by atoms with E-state index in [1.165, 1.54) is 22.3 Å². The fraction of sp³-hybridized carbons (Fsp3) is 0.136. The van der Waals surface area contributed by atoms with Gasteiger partial charge in [-0.15, -0.1) is 0 Å². The molecule has 0 fully saturated rings. The zero-order chi connectivity index (χ0) is 16.7. The van der Waals surface area contributed by atoms with Gasteiger partial charge in [-0.05, 0) is 66.8 Å². The van der Waals surface area contributed by atoms with Gasteiger partial charge in [-0.1, -0.05) is 47.5 Å². The SMILES string of the molecule is Cc1cc(C)cc(C(=O)Nc2ccc3c(c2)Cc2ccccc2-3)c1. The third kappa shape index (κ3) is 2.61. The summed E-state index contributed by atoms with van der Waals surface area (Å²) in [6, 6.07) is 20.6. The first-order chi connectivity index (χ1) is 11.6. The molecule has 1 aliphatic rings. The van der Waals surface area contributed by atoms with Crippen molar-refractivity contribution in [1.29, 1.82) is 0 Å². The largest absolute Gasteiger partial charge is 0.322 e. The molecule has 118 valence electrons. The third-order valence-electron chi connectivity index (χ3n) is 4.54. The highest BCUT2D eigenvalue weighted by Gasteiger charge is 2.18. The summed E-state index contributed by atoms with van der Waals surface area (Å²) in [5.41, 5.74) is 8.96. The topological polar surface area (TPSA) is 29.1 Å². The van der Waals surface area contributed by atoms with Gasteiger partial charge in [-0.25, -0.2) is 0 Å². The van der Waals surface area contributed by atoms with E-state index in [4.69, 9.17) is 0 Å². The van der Waals surface area contributed by atoms with Gasteiger partial charge in [0.1, 0.15) is 0 Å². The smallest absolute Gasteiger partial charge is 0.255 e. The molecule has 0 heterocycles. The van der Waals surface area contributed by atoms with E-state index in [0.29, 0.717) is 5.56 Å². The minimum Gasteiger partial charge on any atom is -0.322 e. The Balaban J connectivity index is 1.60. The molecule has 1 N–H and O–H groups in total. The molecule has 1 amide bonds. The average molecular weight is 313 g/mol. The number of fused-ring (bicyclic) bond motifs is 3. The molecule has 0 saturated carbocycles. The lowest BCUT2D eigenvalue weighted by atomic mass is 10.0. The van der Waals surface area contributed by atoms with Crippen molar-refractivity contribution in [3.05, 3.63) is 88.5 Å². The van der Waals surface area contributed by atoms with Crippen LogP contribution in [0.5, 0.6) is 0 Å². The number of hydrogen-bond donors (Lipinski definition) is 1. The van der Waals surface area contributed by atoms with Crippen LogP contribution in [0.4, 0.5) is 5.69 Å². The van der Waals surface area contributed by atoms with Crippen LogP contribution in [0.1, 0.15) is 32.6 Å². The van der Waals surface area contributed by atoms with Crippen LogP contribution in [0.2, 0.25) is 0 Å². The van der Waals surface area contributed by atoms with Crippen molar-refractivity contribution in [2.75, 3.05) is 5.32 Å². The van der Waals surface area contributed by atoms with Crippen LogP contribution in [0.25, 0.3) is 11.1 Å². The zero-order valence-electron chi connectivity index (χ0n) is 13.9. The molecule has 0 radical (unpaired) electrons. The maximum Gasteiger partial charge on any atom is 0.255 e. The highest BCUT2D eigenvalue weighted by molar-refractivity contribution is 6.04. The van der Waals surface area contributed by atoms with Crippen LogP contribution in [0.3, 0.4) is 0 Å². The Morgan fingerprint density at radius 3 is 2.33 bits per heavy atom. The molecule has 0 aromatic heterocycles. The van der Waals surface area contributed by atoms with Crippen molar-refractivity contribution >= 4 is 11.6 Å². The number of carbonyl (C=O) groups excluding carboxylic acids is 1. The van der Waals surface area contributed by atoms with E-state index in [1.807, 2.05) is 32.0 Å². The van der Waals surface area contributed by atoms with Crippen molar-refractivity contribution < 1.29 is 4.79 Å². The number of nitrogens with one attached hydrogen (secondary N) is 1. The van der Waals surface area contributed by atoms with E-state index in [2.05, 4.69) is 47.8 Å². The summed E-state index contributed by atoms with van der Waals surface area (Å²) in [5, 5.41) is 3.03. The summed E-state index contributed by atoms with van der Waals surface area (Å²) in [7, 11) is 0. The first-order valence-corrected chi connectivity index (χ1v) is 8.21. The van der Waals surface area contributed by atoms with Crippen molar-refractivity contribution in [3.63, 3.8) is 0 Å². The summed E-state index contributed by atoms with van der Waals surface area (Å²) in [6.07, 6.45) is 0.929. The van der Waals surface area contributed by atoms with Gasteiger partial charge >= 0.3 is 0 Å². The van der Waals surface area contributed by atoms with Gasteiger partial charge in [0.25, 0.3) is 5.91 Å². The highest BCUT2D eigenvalue weighted by atomic mass is 16.1. The van der Waals surface area contributed by atoms with Crippen molar-refractivity contribution in [2.24, 2.45) is 0 Å². The molecule has 0 bridgehead atoms. The Morgan fingerprint density at radius 1 is 0.833 bits per heavy atom. The molecule has 0 atom stereocenters. The normalized spacial score (nSPS) is 11.8. The van der Waals surface area contributed by atoms with Gasteiger partial charge < -0.3 is 5.32 Å². The summed E-state index contributed by atoms with van der Waals surface area (Å²) in [5.74, 6) is -0.0581. The second-order valence-corrected chi connectivity index (χ2v) is 6.54. The Bertz CT molecular complexity index is 936. The molecule has 4 rings (SSSR count). The number of rotatable bonds is 2. The van der Waals surface area contributed by atoms with Crippen LogP contribution >= 0.6 is 0 Å². The predicted molar refractivity (Wildman–Crippen MR) is 98.6 cm³/mol. The summed E-state index contributed by atoms with van der Waals surface area (Å²) in [6.45, 7) is 4.02. The molecule has 0 aliphatic heterocycles. The summed E-state index contributed by atoms with van der Waals surface area (Å²) in [4.78, 5) is 12.5. The Labute approximate surface area is 142 Å². The molecule has 3 aromatic carbocycles. The zero-order valence-corrected chi connectivity index (χ0v) is 13.9. The molecule has 0 saturated heterocycles. The van der Waals surface area contributed by atoms with Gasteiger partial charge in [0.05, 0.1) is 0 Å². The summed E-state index contributed by atoms with van der Waals surface area (Å²) >= 11 is 0. The fourth-order valence-electron chi connectivity index (χ4n) is 3.53. The minimum absolute atomic E-state index is 0.0581. The van der Waals surface area contributed by atoms with Gasteiger partial charge in [-0.2, -0.15) is 0 Å². The number of hydrogen-bond acceptors (Lipinski definition) is 1. The molecule has 0 unspecified atom stereocenters. The molecular formula is C22H19NO. The maximum atomic E-state index is 12.5. The van der Waals surface area contributed by atoms with Gasteiger partial charge in [-0.3, -0.25) is 4.79 Å².